The molecule has 16 heavy (non-hydrogen) atoms. The van der Waals surface area contributed by atoms with Gasteiger partial charge < -0.3 is 0 Å². The first-order valence-electron chi connectivity index (χ1n) is 4.23. The second-order valence-corrected chi connectivity index (χ2v) is 4.78. The molecule has 7 heteroatoms. The highest BCUT2D eigenvalue weighted by Crippen LogP contribution is 2.09. The molecule has 0 spiro atoms. The van der Waals surface area contributed by atoms with Gasteiger partial charge in [0.15, 0.2) is 5.75 Å². The minimum Gasteiger partial charge on any atom is -0.211 e. The normalized spacial score (nSPS) is 11.1. The van der Waals surface area contributed by atoms with Crippen LogP contribution in [0.2, 0.25) is 0 Å². The first-order chi connectivity index (χ1) is 7.44. The summed E-state index contributed by atoms with van der Waals surface area (Å²) in [7, 11) is -3.76. The van der Waals surface area contributed by atoms with Gasteiger partial charge in [0.1, 0.15) is 11.6 Å². The Morgan fingerprint density at radius 3 is 2.69 bits per heavy atom. The average molecular weight is 246 g/mol. The molecule has 1 rings (SSSR count). The Morgan fingerprint density at radius 1 is 1.38 bits per heavy atom. The molecule has 0 aliphatic heterocycles. The highest BCUT2D eigenvalue weighted by Gasteiger charge is 2.11. The van der Waals surface area contributed by atoms with E-state index in [9.17, 15) is 17.2 Å². The summed E-state index contributed by atoms with van der Waals surface area (Å²) in [6.07, 6.45) is 0. The molecule has 0 radical (unpaired) electrons. The molecular formula is C9H8F2N2O2S. The predicted molar refractivity (Wildman–Crippen MR) is 52.6 cm³/mol. The van der Waals surface area contributed by atoms with Gasteiger partial charge in [-0.15, -0.1) is 0 Å². The highest BCUT2D eigenvalue weighted by molar-refractivity contribution is 7.89. The van der Waals surface area contributed by atoms with E-state index >= 15 is 0 Å². The van der Waals surface area contributed by atoms with Gasteiger partial charge in [-0.3, -0.25) is 0 Å². The van der Waals surface area contributed by atoms with Crippen molar-refractivity contribution in [2.24, 2.45) is 0 Å². The Balaban J connectivity index is 2.76. The van der Waals surface area contributed by atoms with Crippen molar-refractivity contribution in [3.8, 4) is 6.07 Å². The van der Waals surface area contributed by atoms with Crippen LogP contribution in [0.3, 0.4) is 0 Å². The second kappa shape index (κ2) is 5.01. The predicted octanol–water partition coefficient (Wildman–Crippen LogP) is 0.908. The van der Waals surface area contributed by atoms with Crippen LogP contribution in [0.15, 0.2) is 18.2 Å². The third-order valence-corrected chi connectivity index (χ3v) is 2.84. The SMILES string of the molecule is N#CCS(=O)(=O)NCc1cc(F)ccc1F. The zero-order valence-corrected chi connectivity index (χ0v) is 8.89. The lowest BCUT2D eigenvalue weighted by Gasteiger charge is -2.04. The number of halogens is 2. The van der Waals surface area contributed by atoms with E-state index in [1.54, 1.807) is 0 Å². The molecule has 0 unspecified atom stereocenters. The Bertz CT molecular complexity index is 523. The fourth-order valence-corrected chi connectivity index (χ4v) is 1.65. The van der Waals surface area contributed by atoms with E-state index in [1.807, 2.05) is 4.72 Å². The van der Waals surface area contributed by atoms with Crippen molar-refractivity contribution in [1.82, 2.24) is 4.72 Å². The minimum atomic E-state index is -3.76. The van der Waals surface area contributed by atoms with E-state index < -0.39 is 27.4 Å². The molecule has 0 saturated heterocycles. The van der Waals surface area contributed by atoms with Crippen molar-refractivity contribution in [1.29, 1.82) is 5.26 Å². The van der Waals surface area contributed by atoms with Crippen molar-refractivity contribution in [2.75, 3.05) is 5.75 Å². The first kappa shape index (κ1) is 12.5. The van der Waals surface area contributed by atoms with Crippen LogP contribution in [0.5, 0.6) is 0 Å². The van der Waals surface area contributed by atoms with Gasteiger partial charge in [-0.05, 0) is 18.2 Å². The number of hydrogen-bond donors (Lipinski definition) is 1. The molecule has 0 bridgehead atoms. The molecule has 0 aliphatic rings. The van der Waals surface area contributed by atoms with Gasteiger partial charge in [0.2, 0.25) is 10.0 Å². The third kappa shape index (κ3) is 3.56. The molecule has 1 N–H and O–H groups in total. The molecule has 0 aromatic heterocycles. The Kier molecular flexibility index (Phi) is 3.93. The number of sulfonamides is 1. The van der Waals surface area contributed by atoms with Gasteiger partial charge in [-0.1, -0.05) is 0 Å². The third-order valence-electron chi connectivity index (χ3n) is 1.74. The van der Waals surface area contributed by atoms with E-state index in [1.165, 1.54) is 6.07 Å². The van der Waals surface area contributed by atoms with Gasteiger partial charge in [-0.25, -0.2) is 21.9 Å². The number of nitriles is 1. The van der Waals surface area contributed by atoms with E-state index in [4.69, 9.17) is 5.26 Å². The van der Waals surface area contributed by atoms with Gasteiger partial charge >= 0.3 is 0 Å². The number of hydrogen-bond acceptors (Lipinski definition) is 3. The summed E-state index contributed by atoms with van der Waals surface area (Å²) < 4.78 is 49.9. The molecule has 0 heterocycles. The molecular weight excluding hydrogens is 238 g/mol. The van der Waals surface area contributed by atoms with Gasteiger partial charge in [0.05, 0.1) is 6.07 Å². The van der Waals surface area contributed by atoms with Crippen molar-refractivity contribution in [2.45, 2.75) is 6.54 Å². The van der Waals surface area contributed by atoms with Crippen LogP contribution in [-0.2, 0) is 16.6 Å². The summed E-state index contributed by atoms with van der Waals surface area (Å²) >= 11 is 0. The molecule has 0 aliphatic carbocycles. The van der Waals surface area contributed by atoms with Crippen LogP contribution >= 0.6 is 0 Å². The number of nitrogens with one attached hydrogen (secondary N) is 1. The molecule has 0 saturated carbocycles. The molecule has 4 nitrogen and oxygen atoms in total. The van der Waals surface area contributed by atoms with Crippen molar-refractivity contribution in [3.63, 3.8) is 0 Å². The zero-order chi connectivity index (χ0) is 12.2. The average Bonchev–Trinajstić information content (AvgIpc) is 2.19. The van der Waals surface area contributed by atoms with E-state index in [2.05, 4.69) is 0 Å². The lowest BCUT2D eigenvalue weighted by atomic mass is 10.2. The summed E-state index contributed by atoms with van der Waals surface area (Å²) in [6, 6.07) is 4.18. The lowest BCUT2D eigenvalue weighted by Crippen LogP contribution is -2.25. The molecule has 0 atom stereocenters. The number of benzene rings is 1. The smallest absolute Gasteiger partial charge is 0.211 e. The fraction of sp³-hybridized carbons (Fsp3) is 0.222. The van der Waals surface area contributed by atoms with Gasteiger partial charge in [0.25, 0.3) is 0 Å². The number of nitrogens with zero attached hydrogens (tertiary/aromatic N) is 1. The maximum absolute atomic E-state index is 13.1. The second-order valence-electron chi connectivity index (χ2n) is 2.97. The quantitative estimate of drug-likeness (QED) is 0.858. The Labute approximate surface area is 91.6 Å². The Morgan fingerprint density at radius 2 is 2.06 bits per heavy atom. The zero-order valence-electron chi connectivity index (χ0n) is 8.07. The van der Waals surface area contributed by atoms with E-state index in [0.29, 0.717) is 0 Å². The summed E-state index contributed by atoms with van der Waals surface area (Å²) in [5.41, 5.74) is -0.110. The van der Waals surface area contributed by atoms with Crippen LogP contribution in [0.1, 0.15) is 5.56 Å². The summed E-state index contributed by atoms with van der Waals surface area (Å²) in [5.74, 6) is -2.08. The van der Waals surface area contributed by atoms with Crippen LogP contribution in [0, 0.1) is 23.0 Å². The minimum absolute atomic E-state index is 0.110. The van der Waals surface area contributed by atoms with E-state index in [0.717, 1.165) is 18.2 Å². The van der Waals surface area contributed by atoms with Crippen LogP contribution < -0.4 is 4.72 Å². The Hall–Kier alpha value is -1.52. The number of rotatable bonds is 4. The van der Waals surface area contributed by atoms with Crippen LogP contribution in [0.25, 0.3) is 0 Å². The fourth-order valence-electron chi connectivity index (χ4n) is 1.00. The highest BCUT2D eigenvalue weighted by atomic mass is 32.2. The van der Waals surface area contributed by atoms with Gasteiger partial charge in [-0.2, -0.15) is 5.26 Å². The van der Waals surface area contributed by atoms with Crippen molar-refractivity contribution < 1.29 is 17.2 Å². The molecule has 0 fully saturated rings. The first-order valence-corrected chi connectivity index (χ1v) is 5.88. The molecule has 0 amide bonds. The van der Waals surface area contributed by atoms with Crippen LogP contribution in [0.4, 0.5) is 8.78 Å². The summed E-state index contributed by atoms with van der Waals surface area (Å²) in [6.45, 7) is -0.381. The molecule has 86 valence electrons. The van der Waals surface area contributed by atoms with Gasteiger partial charge in [0, 0.05) is 12.1 Å². The standard InChI is InChI=1S/C9H8F2N2O2S/c10-8-1-2-9(11)7(5-8)6-13-16(14,15)4-3-12/h1-2,5,13H,4,6H2. The maximum Gasteiger partial charge on any atom is 0.225 e. The van der Waals surface area contributed by atoms with Crippen molar-refractivity contribution in [3.05, 3.63) is 35.4 Å². The lowest BCUT2D eigenvalue weighted by molar-refractivity contribution is 0.569. The van der Waals surface area contributed by atoms with Crippen LogP contribution in [-0.4, -0.2) is 14.2 Å². The monoisotopic (exact) mass is 246 g/mol. The largest absolute Gasteiger partial charge is 0.225 e. The molecule has 1 aromatic carbocycles. The summed E-state index contributed by atoms with van der Waals surface area (Å²) in [5, 5.41) is 8.19. The molecule has 1 aromatic rings. The maximum atomic E-state index is 13.1. The summed E-state index contributed by atoms with van der Waals surface area (Å²) in [4.78, 5) is 0. The topological polar surface area (TPSA) is 70.0 Å². The van der Waals surface area contributed by atoms with Crippen molar-refractivity contribution >= 4 is 10.0 Å². The van der Waals surface area contributed by atoms with E-state index in [-0.39, 0.29) is 12.1 Å².